The standard InChI is InChI=1S/C15H15ClN2O2/c16-14-7-3-12(4-8-14)10-20-9-11-1-5-13(6-2-11)15(17)18-19/h1-8,19H,9-10H2,(H2,17,18). The zero-order valence-electron chi connectivity index (χ0n) is 10.8. The fraction of sp³-hybridized carbons (Fsp3) is 0.133. The van der Waals surface area contributed by atoms with Crippen LogP contribution in [0.1, 0.15) is 16.7 Å². The largest absolute Gasteiger partial charge is 0.409 e. The molecule has 0 atom stereocenters. The molecule has 2 aromatic rings. The Bertz CT molecular complexity index is 580. The van der Waals surface area contributed by atoms with Crippen molar-refractivity contribution in [3.8, 4) is 0 Å². The van der Waals surface area contributed by atoms with Crippen molar-refractivity contribution in [3.05, 3.63) is 70.2 Å². The molecule has 0 heterocycles. The van der Waals surface area contributed by atoms with Crippen molar-refractivity contribution in [2.45, 2.75) is 13.2 Å². The number of hydrogen-bond acceptors (Lipinski definition) is 3. The Morgan fingerprint density at radius 3 is 2.00 bits per heavy atom. The Kier molecular flexibility index (Phi) is 4.98. The van der Waals surface area contributed by atoms with Crippen molar-refractivity contribution >= 4 is 17.4 Å². The van der Waals surface area contributed by atoms with Crippen LogP contribution in [-0.4, -0.2) is 11.0 Å². The van der Waals surface area contributed by atoms with Gasteiger partial charge in [-0.2, -0.15) is 0 Å². The molecule has 0 unspecified atom stereocenters. The molecule has 5 heteroatoms. The summed E-state index contributed by atoms with van der Waals surface area (Å²) in [6, 6.07) is 14.9. The summed E-state index contributed by atoms with van der Waals surface area (Å²) in [6.45, 7) is 1.03. The molecule has 0 spiro atoms. The highest BCUT2D eigenvalue weighted by atomic mass is 35.5. The van der Waals surface area contributed by atoms with E-state index in [0.29, 0.717) is 23.8 Å². The van der Waals surface area contributed by atoms with Crippen molar-refractivity contribution in [1.82, 2.24) is 0 Å². The van der Waals surface area contributed by atoms with E-state index in [0.717, 1.165) is 11.1 Å². The van der Waals surface area contributed by atoms with Crippen LogP contribution in [0.3, 0.4) is 0 Å². The predicted octanol–water partition coefficient (Wildman–Crippen LogP) is 3.15. The van der Waals surface area contributed by atoms with Crippen LogP contribution < -0.4 is 5.73 Å². The van der Waals surface area contributed by atoms with Gasteiger partial charge < -0.3 is 15.7 Å². The zero-order valence-corrected chi connectivity index (χ0v) is 11.5. The molecule has 0 aliphatic heterocycles. The van der Waals surface area contributed by atoms with Gasteiger partial charge in [0, 0.05) is 10.6 Å². The molecule has 0 fully saturated rings. The molecule has 104 valence electrons. The quantitative estimate of drug-likeness (QED) is 0.385. The molecular formula is C15H15ClN2O2. The summed E-state index contributed by atoms with van der Waals surface area (Å²) in [5, 5.41) is 12.2. The Hall–Kier alpha value is -2.04. The van der Waals surface area contributed by atoms with Crippen molar-refractivity contribution in [1.29, 1.82) is 0 Å². The summed E-state index contributed by atoms with van der Waals surface area (Å²) in [6.07, 6.45) is 0. The smallest absolute Gasteiger partial charge is 0.170 e. The monoisotopic (exact) mass is 290 g/mol. The van der Waals surface area contributed by atoms with Crippen LogP contribution in [0, 0.1) is 0 Å². The van der Waals surface area contributed by atoms with E-state index in [9.17, 15) is 0 Å². The number of ether oxygens (including phenoxy) is 1. The lowest BCUT2D eigenvalue weighted by molar-refractivity contribution is 0.107. The van der Waals surface area contributed by atoms with Crippen molar-refractivity contribution in [2.24, 2.45) is 10.9 Å². The van der Waals surface area contributed by atoms with E-state index in [-0.39, 0.29) is 5.84 Å². The number of rotatable bonds is 5. The maximum Gasteiger partial charge on any atom is 0.170 e. The first kappa shape index (κ1) is 14.4. The first-order valence-electron chi connectivity index (χ1n) is 6.08. The average Bonchev–Trinajstić information content (AvgIpc) is 2.49. The number of nitrogens with two attached hydrogens (primary N) is 1. The molecule has 0 bridgehead atoms. The SMILES string of the molecule is NC(=NO)c1ccc(COCc2ccc(Cl)cc2)cc1. The van der Waals surface area contributed by atoms with Gasteiger partial charge >= 0.3 is 0 Å². The second-order valence-electron chi connectivity index (χ2n) is 4.30. The van der Waals surface area contributed by atoms with Crippen LogP contribution in [0.4, 0.5) is 0 Å². The number of hydrogen-bond donors (Lipinski definition) is 2. The van der Waals surface area contributed by atoms with E-state index in [1.807, 2.05) is 36.4 Å². The normalized spacial score (nSPS) is 11.6. The number of halogens is 1. The second kappa shape index (κ2) is 6.93. The first-order valence-corrected chi connectivity index (χ1v) is 6.46. The van der Waals surface area contributed by atoms with Crippen LogP contribution in [0.5, 0.6) is 0 Å². The molecule has 0 radical (unpaired) electrons. The minimum absolute atomic E-state index is 0.0960. The third-order valence-corrected chi connectivity index (χ3v) is 3.06. The van der Waals surface area contributed by atoms with Gasteiger partial charge in [0.25, 0.3) is 0 Å². The third-order valence-electron chi connectivity index (χ3n) is 2.81. The molecule has 0 aliphatic rings. The number of oxime groups is 1. The van der Waals surface area contributed by atoms with E-state index >= 15 is 0 Å². The van der Waals surface area contributed by atoms with Gasteiger partial charge in [0.15, 0.2) is 5.84 Å². The lowest BCUT2D eigenvalue weighted by Crippen LogP contribution is -2.12. The zero-order chi connectivity index (χ0) is 14.4. The molecule has 3 N–H and O–H groups in total. The fourth-order valence-corrected chi connectivity index (χ4v) is 1.82. The summed E-state index contributed by atoms with van der Waals surface area (Å²) >= 11 is 5.82. The van der Waals surface area contributed by atoms with Gasteiger partial charge in [0.05, 0.1) is 13.2 Å². The van der Waals surface area contributed by atoms with Crippen molar-refractivity contribution < 1.29 is 9.94 Å². The lowest BCUT2D eigenvalue weighted by Gasteiger charge is -2.06. The summed E-state index contributed by atoms with van der Waals surface area (Å²) in [7, 11) is 0. The third kappa shape index (κ3) is 3.98. The van der Waals surface area contributed by atoms with Crippen molar-refractivity contribution in [3.63, 3.8) is 0 Å². The molecule has 20 heavy (non-hydrogen) atoms. The Morgan fingerprint density at radius 2 is 1.50 bits per heavy atom. The van der Waals surface area contributed by atoms with Crippen LogP contribution in [-0.2, 0) is 18.0 Å². The minimum Gasteiger partial charge on any atom is -0.409 e. The first-order chi connectivity index (χ1) is 9.69. The van der Waals surface area contributed by atoms with E-state index < -0.39 is 0 Å². The Morgan fingerprint density at radius 1 is 1.00 bits per heavy atom. The maximum absolute atomic E-state index is 8.57. The van der Waals surface area contributed by atoms with Gasteiger partial charge in [-0.05, 0) is 23.3 Å². The van der Waals surface area contributed by atoms with Crippen LogP contribution >= 0.6 is 11.6 Å². The second-order valence-corrected chi connectivity index (χ2v) is 4.74. The van der Waals surface area contributed by atoms with Gasteiger partial charge in [-0.3, -0.25) is 0 Å². The predicted molar refractivity (Wildman–Crippen MR) is 78.9 cm³/mol. The molecule has 0 saturated heterocycles. The Labute approximate surface area is 122 Å². The van der Waals surface area contributed by atoms with Crippen LogP contribution in [0.15, 0.2) is 53.7 Å². The topological polar surface area (TPSA) is 67.8 Å². The lowest BCUT2D eigenvalue weighted by atomic mass is 10.1. The van der Waals surface area contributed by atoms with Crippen molar-refractivity contribution in [2.75, 3.05) is 0 Å². The van der Waals surface area contributed by atoms with Crippen LogP contribution in [0.25, 0.3) is 0 Å². The molecular weight excluding hydrogens is 276 g/mol. The molecule has 2 rings (SSSR count). The highest BCUT2D eigenvalue weighted by Gasteiger charge is 2.00. The summed E-state index contributed by atoms with van der Waals surface area (Å²) < 4.78 is 5.62. The molecule has 0 aliphatic carbocycles. The summed E-state index contributed by atoms with van der Waals surface area (Å²) in [4.78, 5) is 0. The van der Waals surface area contributed by atoms with Gasteiger partial charge in [-0.15, -0.1) is 0 Å². The van der Waals surface area contributed by atoms with Gasteiger partial charge in [-0.25, -0.2) is 0 Å². The Balaban J connectivity index is 1.86. The number of benzene rings is 2. The highest BCUT2D eigenvalue weighted by Crippen LogP contribution is 2.11. The number of nitrogens with zero attached hydrogens (tertiary/aromatic N) is 1. The molecule has 0 amide bonds. The molecule has 0 saturated carbocycles. The van der Waals surface area contributed by atoms with Gasteiger partial charge in [-0.1, -0.05) is 53.2 Å². The van der Waals surface area contributed by atoms with E-state index in [1.165, 1.54) is 0 Å². The number of amidine groups is 1. The minimum atomic E-state index is 0.0960. The molecule has 0 aromatic heterocycles. The fourth-order valence-electron chi connectivity index (χ4n) is 1.70. The van der Waals surface area contributed by atoms with E-state index in [4.69, 9.17) is 27.3 Å². The summed E-state index contributed by atoms with van der Waals surface area (Å²) in [5.41, 5.74) is 8.26. The molecule has 2 aromatic carbocycles. The van der Waals surface area contributed by atoms with Gasteiger partial charge in [0.1, 0.15) is 0 Å². The van der Waals surface area contributed by atoms with Gasteiger partial charge in [0.2, 0.25) is 0 Å². The van der Waals surface area contributed by atoms with E-state index in [1.54, 1.807) is 12.1 Å². The highest BCUT2D eigenvalue weighted by molar-refractivity contribution is 6.30. The average molecular weight is 291 g/mol. The molecule has 4 nitrogen and oxygen atoms in total. The summed E-state index contributed by atoms with van der Waals surface area (Å²) in [5.74, 6) is 0.0960. The van der Waals surface area contributed by atoms with Crippen LogP contribution in [0.2, 0.25) is 5.02 Å². The van der Waals surface area contributed by atoms with E-state index in [2.05, 4.69) is 5.16 Å². The maximum atomic E-state index is 8.57.